The first kappa shape index (κ1) is 17.7. The zero-order valence-electron chi connectivity index (χ0n) is 15.6. The fraction of sp³-hybridized carbons (Fsp3) is 0.571. The zero-order valence-corrected chi connectivity index (χ0v) is 15.6. The summed E-state index contributed by atoms with van der Waals surface area (Å²) in [5, 5.41) is 0. The fourth-order valence-electron chi connectivity index (χ4n) is 4.68. The van der Waals surface area contributed by atoms with Crippen molar-refractivity contribution in [3.05, 3.63) is 54.2 Å². The molecule has 5 heteroatoms. The zero-order chi connectivity index (χ0) is 17.8. The lowest BCUT2D eigenvalue weighted by Crippen LogP contribution is -2.41. The second-order valence-corrected chi connectivity index (χ2v) is 7.95. The third-order valence-electron chi connectivity index (χ3n) is 6.08. The molecule has 2 aromatic rings. The van der Waals surface area contributed by atoms with Crippen molar-refractivity contribution in [2.24, 2.45) is 5.41 Å². The van der Waals surface area contributed by atoms with Crippen molar-refractivity contribution in [3.8, 4) is 0 Å². The molecule has 5 nitrogen and oxygen atoms in total. The quantitative estimate of drug-likeness (QED) is 0.796. The maximum absolute atomic E-state index is 5.54. The van der Waals surface area contributed by atoms with E-state index in [4.69, 9.17) is 9.15 Å². The minimum absolute atomic E-state index is 0.435. The normalized spacial score (nSPS) is 23.7. The lowest BCUT2D eigenvalue weighted by molar-refractivity contribution is 0.101. The first-order valence-electron chi connectivity index (χ1n) is 9.63. The van der Waals surface area contributed by atoms with Gasteiger partial charge in [-0.3, -0.25) is 14.8 Å². The second kappa shape index (κ2) is 7.91. The molecule has 0 aliphatic carbocycles. The highest BCUT2D eigenvalue weighted by Crippen LogP contribution is 2.44. The third kappa shape index (κ3) is 4.00. The van der Waals surface area contributed by atoms with E-state index in [0.29, 0.717) is 11.5 Å². The highest BCUT2D eigenvalue weighted by atomic mass is 16.5. The van der Waals surface area contributed by atoms with Crippen LogP contribution in [0.2, 0.25) is 0 Å². The van der Waals surface area contributed by atoms with Gasteiger partial charge in [-0.1, -0.05) is 6.07 Å². The van der Waals surface area contributed by atoms with Gasteiger partial charge in [0.05, 0.1) is 24.8 Å². The standard InChI is InChI=1S/C21H29N3O2/c1-25-16-20-12-21(17-24(20)14-19-4-2-3-8-22-19)6-9-23(10-7-21)13-18-5-11-26-15-18/h2-5,8,11,15,20H,6-7,9-10,12-14,16-17H2,1H3. The van der Waals surface area contributed by atoms with Gasteiger partial charge in [0, 0.05) is 44.5 Å². The highest BCUT2D eigenvalue weighted by molar-refractivity contribution is 5.08. The molecule has 1 atom stereocenters. The maximum atomic E-state index is 5.54. The first-order valence-corrected chi connectivity index (χ1v) is 9.63. The average Bonchev–Trinajstić information content (AvgIpc) is 3.27. The van der Waals surface area contributed by atoms with Crippen molar-refractivity contribution >= 4 is 0 Å². The van der Waals surface area contributed by atoms with E-state index in [1.165, 1.54) is 37.9 Å². The van der Waals surface area contributed by atoms with E-state index < -0.39 is 0 Å². The highest BCUT2D eigenvalue weighted by Gasteiger charge is 2.45. The molecule has 4 rings (SSSR count). The maximum Gasteiger partial charge on any atom is 0.0947 e. The van der Waals surface area contributed by atoms with Crippen molar-refractivity contribution in [1.29, 1.82) is 0 Å². The number of piperidine rings is 1. The summed E-state index contributed by atoms with van der Waals surface area (Å²) in [5.41, 5.74) is 2.87. The van der Waals surface area contributed by atoms with E-state index in [9.17, 15) is 0 Å². The molecule has 2 saturated heterocycles. The molecule has 1 unspecified atom stereocenters. The van der Waals surface area contributed by atoms with Gasteiger partial charge in [0.2, 0.25) is 0 Å². The van der Waals surface area contributed by atoms with Gasteiger partial charge < -0.3 is 9.15 Å². The van der Waals surface area contributed by atoms with Crippen LogP contribution in [0, 0.1) is 5.41 Å². The number of furan rings is 1. The summed E-state index contributed by atoms with van der Waals surface area (Å²) in [6.45, 7) is 6.25. The Hall–Kier alpha value is -1.69. The van der Waals surface area contributed by atoms with Crippen LogP contribution in [0.25, 0.3) is 0 Å². The molecule has 0 saturated carbocycles. The van der Waals surface area contributed by atoms with Gasteiger partial charge in [-0.2, -0.15) is 0 Å². The van der Waals surface area contributed by atoms with Crippen molar-refractivity contribution in [3.63, 3.8) is 0 Å². The van der Waals surface area contributed by atoms with Crippen LogP contribution < -0.4 is 0 Å². The fourth-order valence-corrected chi connectivity index (χ4v) is 4.68. The number of methoxy groups -OCH3 is 1. The van der Waals surface area contributed by atoms with Crippen LogP contribution in [0.15, 0.2) is 47.4 Å². The van der Waals surface area contributed by atoms with Crippen molar-refractivity contribution < 1.29 is 9.15 Å². The second-order valence-electron chi connectivity index (χ2n) is 7.95. The van der Waals surface area contributed by atoms with Crippen LogP contribution >= 0.6 is 0 Å². The summed E-state index contributed by atoms with van der Waals surface area (Å²) in [7, 11) is 1.82. The molecule has 0 aromatic carbocycles. The summed E-state index contributed by atoms with van der Waals surface area (Å²) >= 11 is 0. The van der Waals surface area contributed by atoms with E-state index >= 15 is 0 Å². The predicted octanol–water partition coefficient (Wildman–Crippen LogP) is 3.18. The Morgan fingerprint density at radius 2 is 2.12 bits per heavy atom. The molecule has 140 valence electrons. The van der Waals surface area contributed by atoms with Crippen molar-refractivity contribution in [2.45, 2.75) is 38.4 Å². The summed E-state index contributed by atoms with van der Waals surface area (Å²) in [6.07, 6.45) is 9.30. The van der Waals surface area contributed by atoms with Gasteiger partial charge >= 0.3 is 0 Å². The van der Waals surface area contributed by atoms with Crippen LogP contribution in [0.5, 0.6) is 0 Å². The molecule has 0 bridgehead atoms. The number of likely N-dealkylation sites (tertiary alicyclic amines) is 2. The lowest BCUT2D eigenvalue weighted by Gasteiger charge is -2.39. The molecule has 26 heavy (non-hydrogen) atoms. The Bertz CT molecular complexity index is 666. The number of pyridine rings is 1. The molecule has 2 aliphatic heterocycles. The Labute approximate surface area is 156 Å². The SMILES string of the molecule is COCC1CC2(CCN(Cc3ccoc3)CC2)CN1Cc1ccccn1. The van der Waals surface area contributed by atoms with Crippen molar-refractivity contribution in [2.75, 3.05) is 33.4 Å². The topological polar surface area (TPSA) is 41.7 Å². The Morgan fingerprint density at radius 1 is 1.23 bits per heavy atom. The Morgan fingerprint density at radius 3 is 2.81 bits per heavy atom. The predicted molar refractivity (Wildman–Crippen MR) is 101 cm³/mol. The molecule has 0 radical (unpaired) electrons. The smallest absolute Gasteiger partial charge is 0.0947 e. The van der Waals surface area contributed by atoms with E-state index in [2.05, 4.69) is 33.0 Å². The number of hydrogen-bond acceptors (Lipinski definition) is 5. The van der Waals surface area contributed by atoms with Gasteiger partial charge in [0.25, 0.3) is 0 Å². The van der Waals surface area contributed by atoms with Crippen LogP contribution in [0.1, 0.15) is 30.5 Å². The summed E-state index contributed by atoms with van der Waals surface area (Å²) in [4.78, 5) is 9.68. The number of hydrogen-bond donors (Lipinski definition) is 0. The van der Waals surface area contributed by atoms with Gasteiger partial charge in [0.1, 0.15) is 0 Å². The van der Waals surface area contributed by atoms with Gasteiger partial charge in [-0.25, -0.2) is 0 Å². The van der Waals surface area contributed by atoms with Crippen LogP contribution in [-0.2, 0) is 17.8 Å². The minimum atomic E-state index is 0.435. The molecule has 0 N–H and O–H groups in total. The molecule has 0 amide bonds. The molecule has 4 heterocycles. The third-order valence-corrected chi connectivity index (χ3v) is 6.08. The molecular formula is C21H29N3O2. The summed E-state index contributed by atoms with van der Waals surface area (Å²) < 4.78 is 10.7. The lowest BCUT2D eigenvalue weighted by atomic mass is 9.76. The summed E-state index contributed by atoms with van der Waals surface area (Å²) in [6, 6.07) is 8.76. The number of rotatable bonds is 6. The summed E-state index contributed by atoms with van der Waals surface area (Å²) in [5.74, 6) is 0. The number of aromatic nitrogens is 1. The molecule has 1 spiro atoms. The number of nitrogens with zero attached hydrogens (tertiary/aromatic N) is 3. The van der Waals surface area contributed by atoms with Crippen LogP contribution in [0.3, 0.4) is 0 Å². The molecule has 2 aliphatic rings. The van der Waals surface area contributed by atoms with Gasteiger partial charge in [-0.05, 0) is 56.0 Å². The average molecular weight is 355 g/mol. The molecular weight excluding hydrogens is 326 g/mol. The van der Waals surface area contributed by atoms with E-state index in [1.807, 2.05) is 25.6 Å². The largest absolute Gasteiger partial charge is 0.472 e. The monoisotopic (exact) mass is 355 g/mol. The molecule has 2 aromatic heterocycles. The Balaban J connectivity index is 1.38. The van der Waals surface area contributed by atoms with E-state index in [0.717, 1.165) is 31.9 Å². The Kier molecular flexibility index (Phi) is 5.38. The van der Waals surface area contributed by atoms with Crippen molar-refractivity contribution in [1.82, 2.24) is 14.8 Å². The molecule has 2 fully saturated rings. The van der Waals surface area contributed by atoms with Crippen LogP contribution in [0.4, 0.5) is 0 Å². The van der Waals surface area contributed by atoms with Gasteiger partial charge in [0.15, 0.2) is 0 Å². The minimum Gasteiger partial charge on any atom is -0.472 e. The number of ether oxygens (including phenoxy) is 1. The van der Waals surface area contributed by atoms with Gasteiger partial charge in [-0.15, -0.1) is 0 Å². The van der Waals surface area contributed by atoms with Crippen LogP contribution in [-0.4, -0.2) is 54.2 Å². The van der Waals surface area contributed by atoms with E-state index in [1.54, 1.807) is 6.26 Å². The van der Waals surface area contributed by atoms with E-state index in [-0.39, 0.29) is 0 Å². The first-order chi connectivity index (χ1) is 12.8.